The number of halogens is 1. The monoisotopic (exact) mass is 263 g/mol. The first kappa shape index (κ1) is 13.2. The van der Waals surface area contributed by atoms with Gasteiger partial charge in [0.15, 0.2) is 0 Å². The second-order valence-corrected chi connectivity index (χ2v) is 4.07. The minimum absolute atomic E-state index is 0.0560. The maximum atomic E-state index is 12.8. The van der Waals surface area contributed by atoms with E-state index >= 15 is 0 Å². The predicted octanol–water partition coefficient (Wildman–Crippen LogP) is 3.00. The maximum Gasteiger partial charge on any atom is 0.322 e. The van der Waals surface area contributed by atoms with Crippen LogP contribution in [0.15, 0.2) is 28.7 Å². The van der Waals surface area contributed by atoms with Gasteiger partial charge in [-0.1, -0.05) is 18.4 Å². The van der Waals surface area contributed by atoms with Gasteiger partial charge in [0.1, 0.15) is 5.82 Å². The highest BCUT2D eigenvalue weighted by Crippen LogP contribution is 2.20. The van der Waals surface area contributed by atoms with Crippen molar-refractivity contribution in [2.24, 2.45) is 0 Å². The van der Waals surface area contributed by atoms with Crippen molar-refractivity contribution in [1.82, 2.24) is 10.2 Å². The van der Waals surface area contributed by atoms with E-state index < -0.39 is 0 Å². The zero-order valence-electron chi connectivity index (χ0n) is 10.5. The first-order valence-corrected chi connectivity index (χ1v) is 6.08. The molecule has 0 aliphatic carbocycles. The van der Waals surface area contributed by atoms with Gasteiger partial charge in [-0.05, 0) is 30.7 Å². The maximum absolute atomic E-state index is 12.8. The average molecular weight is 263 g/mol. The van der Waals surface area contributed by atoms with Gasteiger partial charge in [0.2, 0.25) is 11.8 Å². The normalized spacial score (nSPS) is 10.4. The lowest BCUT2D eigenvalue weighted by Crippen LogP contribution is -2.11. The van der Waals surface area contributed by atoms with Crippen molar-refractivity contribution in [3.8, 4) is 11.5 Å². The molecule has 0 radical (unpaired) electrons. The fourth-order valence-electron chi connectivity index (χ4n) is 1.50. The number of carbonyl (C=O) groups excluding carboxylic acids is 1. The molecule has 19 heavy (non-hydrogen) atoms. The first-order chi connectivity index (χ1) is 9.19. The lowest BCUT2D eigenvalue weighted by Gasteiger charge is -1.98. The fourth-order valence-corrected chi connectivity index (χ4v) is 1.50. The Morgan fingerprint density at radius 2 is 2.05 bits per heavy atom. The van der Waals surface area contributed by atoms with E-state index in [1.165, 1.54) is 24.3 Å². The van der Waals surface area contributed by atoms with Crippen LogP contribution in [-0.4, -0.2) is 16.1 Å². The molecule has 2 rings (SSSR count). The van der Waals surface area contributed by atoms with Gasteiger partial charge in [-0.15, -0.1) is 5.10 Å². The number of unbranched alkanes of at least 4 members (excludes halogenated alkanes) is 1. The second kappa shape index (κ2) is 6.08. The Kier molecular flexibility index (Phi) is 4.22. The van der Waals surface area contributed by atoms with Gasteiger partial charge in [-0.3, -0.25) is 10.1 Å². The van der Waals surface area contributed by atoms with E-state index in [9.17, 15) is 9.18 Å². The van der Waals surface area contributed by atoms with Crippen LogP contribution in [0.3, 0.4) is 0 Å². The molecular weight excluding hydrogens is 249 g/mol. The van der Waals surface area contributed by atoms with Crippen LogP contribution in [0, 0.1) is 5.82 Å². The van der Waals surface area contributed by atoms with Crippen LogP contribution in [0.5, 0.6) is 0 Å². The Morgan fingerprint density at radius 1 is 1.32 bits per heavy atom. The van der Waals surface area contributed by atoms with Crippen LogP contribution < -0.4 is 5.32 Å². The minimum Gasteiger partial charge on any atom is -0.403 e. The molecule has 6 heteroatoms. The molecule has 0 bridgehead atoms. The molecule has 100 valence electrons. The quantitative estimate of drug-likeness (QED) is 0.900. The van der Waals surface area contributed by atoms with Gasteiger partial charge < -0.3 is 4.42 Å². The first-order valence-electron chi connectivity index (χ1n) is 6.08. The second-order valence-electron chi connectivity index (χ2n) is 4.07. The number of carbonyl (C=O) groups is 1. The highest BCUT2D eigenvalue weighted by Gasteiger charge is 2.10. The predicted molar refractivity (Wildman–Crippen MR) is 67.8 cm³/mol. The number of rotatable bonds is 5. The lowest BCUT2D eigenvalue weighted by molar-refractivity contribution is -0.116. The van der Waals surface area contributed by atoms with Gasteiger partial charge >= 0.3 is 6.01 Å². The average Bonchev–Trinajstić information content (AvgIpc) is 2.85. The number of nitrogens with zero attached hydrogens (tertiary/aromatic N) is 2. The molecule has 1 aromatic carbocycles. The summed E-state index contributed by atoms with van der Waals surface area (Å²) in [5.74, 6) is -0.252. The van der Waals surface area contributed by atoms with Crippen molar-refractivity contribution < 1.29 is 13.6 Å². The molecule has 1 amide bonds. The van der Waals surface area contributed by atoms with E-state index in [0.29, 0.717) is 12.0 Å². The zero-order chi connectivity index (χ0) is 13.7. The number of anilines is 1. The molecule has 1 N–H and O–H groups in total. The number of hydrogen-bond donors (Lipinski definition) is 1. The molecule has 0 unspecified atom stereocenters. The Balaban J connectivity index is 2.02. The number of benzene rings is 1. The third kappa shape index (κ3) is 3.61. The minimum atomic E-state index is -0.337. The van der Waals surface area contributed by atoms with Crippen molar-refractivity contribution in [2.45, 2.75) is 26.2 Å². The summed E-state index contributed by atoms with van der Waals surface area (Å²) in [5.41, 5.74) is 0.600. The summed E-state index contributed by atoms with van der Waals surface area (Å²) in [5, 5.41) is 10.0. The van der Waals surface area contributed by atoms with Crippen LogP contribution in [0.4, 0.5) is 10.4 Å². The standard InChI is InChI=1S/C13H14FN3O2/c1-2-3-4-11(18)15-13-17-16-12(19-13)9-5-7-10(14)8-6-9/h5-8H,2-4H2,1H3,(H,15,17,18). The van der Waals surface area contributed by atoms with E-state index in [0.717, 1.165) is 12.8 Å². The van der Waals surface area contributed by atoms with Crippen molar-refractivity contribution >= 4 is 11.9 Å². The summed E-state index contributed by atoms with van der Waals surface area (Å²) >= 11 is 0. The summed E-state index contributed by atoms with van der Waals surface area (Å²) in [7, 11) is 0. The molecule has 2 aromatic rings. The van der Waals surface area contributed by atoms with Crippen molar-refractivity contribution in [1.29, 1.82) is 0 Å². The summed E-state index contributed by atoms with van der Waals surface area (Å²) in [6.07, 6.45) is 2.17. The molecule has 0 saturated heterocycles. The molecule has 5 nitrogen and oxygen atoms in total. The summed E-state index contributed by atoms with van der Waals surface area (Å²) in [6, 6.07) is 5.73. The number of aromatic nitrogens is 2. The van der Waals surface area contributed by atoms with Crippen molar-refractivity contribution in [3.63, 3.8) is 0 Å². The highest BCUT2D eigenvalue weighted by molar-refractivity contribution is 5.88. The topological polar surface area (TPSA) is 68.0 Å². The Bertz CT molecular complexity index is 551. The summed E-state index contributed by atoms with van der Waals surface area (Å²) in [6.45, 7) is 2.01. The molecule has 0 saturated carbocycles. The lowest BCUT2D eigenvalue weighted by atomic mass is 10.2. The van der Waals surface area contributed by atoms with Crippen molar-refractivity contribution in [2.75, 3.05) is 5.32 Å². The molecule has 0 atom stereocenters. The van der Waals surface area contributed by atoms with Gasteiger partial charge in [-0.25, -0.2) is 4.39 Å². The van der Waals surface area contributed by atoms with E-state index in [1.54, 1.807) is 0 Å². The molecule has 0 fully saturated rings. The van der Waals surface area contributed by atoms with E-state index in [-0.39, 0.29) is 23.6 Å². The van der Waals surface area contributed by atoms with E-state index in [4.69, 9.17) is 4.42 Å². The van der Waals surface area contributed by atoms with Gasteiger partial charge in [0.05, 0.1) is 0 Å². The summed E-state index contributed by atoms with van der Waals surface area (Å²) in [4.78, 5) is 11.5. The molecule has 1 aromatic heterocycles. The Hall–Kier alpha value is -2.24. The number of hydrogen-bond acceptors (Lipinski definition) is 4. The van der Waals surface area contributed by atoms with Crippen molar-refractivity contribution in [3.05, 3.63) is 30.1 Å². The number of nitrogens with one attached hydrogen (secondary N) is 1. The van der Waals surface area contributed by atoms with E-state index in [2.05, 4.69) is 15.5 Å². The molecule has 0 aliphatic rings. The van der Waals surface area contributed by atoms with Gasteiger partial charge in [0, 0.05) is 12.0 Å². The van der Waals surface area contributed by atoms with E-state index in [1.807, 2.05) is 6.92 Å². The van der Waals surface area contributed by atoms with Crippen LogP contribution in [0.25, 0.3) is 11.5 Å². The van der Waals surface area contributed by atoms with Crippen LogP contribution in [0.2, 0.25) is 0 Å². The molecule has 0 spiro atoms. The van der Waals surface area contributed by atoms with Crippen LogP contribution in [-0.2, 0) is 4.79 Å². The largest absolute Gasteiger partial charge is 0.403 e. The highest BCUT2D eigenvalue weighted by atomic mass is 19.1. The third-order valence-corrected chi connectivity index (χ3v) is 2.52. The third-order valence-electron chi connectivity index (χ3n) is 2.52. The molecule has 1 heterocycles. The molecular formula is C13H14FN3O2. The summed E-state index contributed by atoms with van der Waals surface area (Å²) < 4.78 is 18.1. The molecule has 0 aliphatic heterocycles. The van der Waals surface area contributed by atoms with Crippen LogP contribution in [0.1, 0.15) is 26.2 Å². The zero-order valence-corrected chi connectivity index (χ0v) is 10.5. The van der Waals surface area contributed by atoms with Gasteiger partial charge in [0.25, 0.3) is 0 Å². The fraction of sp³-hybridized carbons (Fsp3) is 0.308. The van der Waals surface area contributed by atoms with Gasteiger partial charge in [-0.2, -0.15) is 0 Å². The Labute approximate surface area is 109 Å². The Morgan fingerprint density at radius 3 is 2.74 bits per heavy atom. The number of amides is 1. The SMILES string of the molecule is CCCCC(=O)Nc1nnc(-c2ccc(F)cc2)o1. The smallest absolute Gasteiger partial charge is 0.322 e. The van der Waals surface area contributed by atoms with Crippen LogP contribution >= 0.6 is 0 Å².